The van der Waals surface area contributed by atoms with Gasteiger partial charge in [0.2, 0.25) is 11.8 Å². The molecule has 2 amide bonds. The van der Waals surface area contributed by atoms with Gasteiger partial charge >= 0.3 is 12.4 Å². The Morgan fingerprint density at radius 2 is 1.76 bits per heavy atom. The molecule has 5 rings (SSSR count). The first-order chi connectivity index (χ1) is 23.0. The van der Waals surface area contributed by atoms with Crippen molar-refractivity contribution < 1.29 is 49.4 Å². The normalized spacial score (nSPS) is 17.0. The summed E-state index contributed by atoms with van der Waals surface area (Å²) >= 11 is 7.08. The first kappa shape index (κ1) is 36.1. The fraction of sp³-hybridized carbons (Fsp3) is 0.400. The number of rotatable bonds is 10. The first-order valence-corrected chi connectivity index (χ1v) is 15.9. The second kappa shape index (κ2) is 14.3. The number of nitrogens with zero attached hydrogens (tertiary/aromatic N) is 3. The van der Waals surface area contributed by atoms with Crippen LogP contribution >= 0.6 is 22.9 Å². The van der Waals surface area contributed by atoms with E-state index in [0.29, 0.717) is 5.56 Å². The maximum Gasteiger partial charge on any atom is 0.418 e. The van der Waals surface area contributed by atoms with E-state index in [2.05, 4.69) is 25.9 Å². The number of benzene rings is 1. The van der Waals surface area contributed by atoms with E-state index in [1.807, 2.05) is 0 Å². The number of halogens is 9. The summed E-state index contributed by atoms with van der Waals surface area (Å²) in [6.07, 6.45) is -12.5. The number of carbonyl (C=O) groups excluding carboxylic acids is 2. The number of alkyl halides is 8. The van der Waals surface area contributed by atoms with Crippen LogP contribution in [0.15, 0.2) is 35.7 Å². The number of fused-ring (bicyclic) bond motifs is 1. The number of pyridine rings is 1. The van der Waals surface area contributed by atoms with Crippen LogP contribution in [0, 0.1) is 5.92 Å². The Balaban J connectivity index is 1.42. The predicted molar refractivity (Wildman–Crippen MR) is 165 cm³/mol. The quantitative estimate of drug-likeness (QED) is 0.143. The number of carbonyl (C=O) groups is 2. The van der Waals surface area contributed by atoms with E-state index >= 15 is 0 Å². The number of imidazole rings is 1. The van der Waals surface area contributed by atoms with Crippen molar-refractivity contribution >= 4 is 57.6 Å². The summed E-state index contributed by atoms with van der Waals surface area (Å²) in [5, 5.41) is 9.64. The van der Waals surface area contributed by atoms with E-state index in [1.54, 1.807) is 5.38 Å². The van der Waals surface area contributed by atoms with Crippen molar-refractivity contribution in [2.75, 3.05) is 11.9 Å². The smallest absolute Gasteiger partial charge is 0.418 e. The highest BCUT2D eigenvalue weighted by Gasteiger charge is 2.41. The summed E-state index contributed by atoms with van der Waals surface area (Å²) in [5.74, 6) is -3.57. The van der Waals surface area contributed by atoms with E-state index in [9.17, 15) is 44.7 Å². The van der Waals surface area contributed by atoms with Gasteiger partial charge in [0.05, 0.1) is 22.2 Å². The molecule has 0 saturated heterocycles. The second-order valence-electron chi connectivity index (χ2n) is 11.2. The molecule has 0 atom stereocenters. The number of anilines is 2. The highest BCUT2D eigenvalue weighted by atomic mass is 35.5. The van der Waals surface area contributed by atoms with Crippen molar-refractivity contribution in [1.82, 2.24) is 25.2 Å². The summed E-state index contributed by atoms with van der Waals surface area (Å²) in [6.45, 7) is -1.29. The van der Waals surface area contributed by atoms with E-state index < -0.39 is 66.3 Å². The number of ether oxygens (including phenoxy) is 1. The minimum Gasteiger partial charge on any atom is -0.471 e. The van der Waals surface area contributed by atoms with Gasteiger partial charge in [-0.15, -0.1) is 11.3 Å². The highest BCUT2D eigenvalue weighted by molar-refractivity contribution is 7.12. The van der Waals surface area contributed by atoms with Gasteiger partial charge in [-0.3, -0.25) is 14.2 Å². The summed E-state index contributed by atoms with van der Waals surface area (Å²) in [5.41, 5.74) is -1.61. The highest BCUT2D eigenvalue weighted by Crippen LogP contribution is 2.39. The predicted octanol–water partition coefficient (Wildman–Crippen LogP) is 7.87. The van der Waals surface area contributed by atoms with Crippen molar-refractivity contribution in [2.24, 2.45) is 13.0 Å². The Bertz CT molecular complexity index is 1840. The zero-order valence-corrected chi connectivity index (χ0v) is 26.9. The average molecular weight is 739 g/mol. The van der Waals surface area contributed by atoms with Gasteiger partial charge in [0.1, 0.15) is 16.0 Å². The van der Waals surface area contributed by atoms with Crippen LogP contribution in [0.5, 0.6) is 5.88 Å². The lowest BCUT2D eigenvalue weighted by Crippen LogP contribution is -2.40. The maximum atomic E-state index is 14.0. The van der Waals surface area contributed by atoms with Crippen molar-refractivity contribution in [3.05, 3.63) is 62.3 Å². The van der Waals surface area contributed by atoms with Gasteiger partial charge in [-0.25, -0.2) is 13.8 Å². The van der Waals surface area contributed by atoms with Crippen LogP contribution in [0.4, 0.5) is 46.8 Å². The van der Waals surface area contributed by atoms with E-state index in [4.69, 9.17) is 16.3 Å². The average Bonchev–Trinajstić information content (AvgIpc) is 3.59. The van der Waals surface area contributed by atoms with Crippen LogP contribution < -0.4 is 20.7 Å². The molecule has 0 spiro atoms. The van der Waals surface area contributed by atoms with Crippen LogP contribution in [0.2, 0.25) is 5.02 Å². The minimum atomic E-state index is -4.81. The fourth-order valence-corrected chi connectivity index (χ4v) is 6.40. The van der Waals surface area contributed by atoms with Crippen LogP contribution in [-0.4, -0.2) is 51.6 Å². The van der Waals surface area contributed by atoms with E-state index in [1.165, 1.54) is 23.7 Å². The lowest BCUT2D eigenvalue weighted by molar-refractivity contribution is -0.182. The lowest BCUT2D eigenvalue weighted by Gasteiger charge is -2.30. The Morgan fingerprint density at radius 3 is 2.37 bits per heavy atom. The monoisotopic (exact) mass is 738 g/mol. The zero-order chi connectivity index (χ0) is 35.7. The van der Waals surface area contributed by atoms with Crippen LogP contribution in [-0.2, 0) is 19.8 Å². The molecule has 0 aliphatic heterocycles. The molecule has 0 bridgehead atoms. The summed E-state index contributed by atoms with van der Waals surface area (Å²) < 4.78 is 114. The number of nitrogens with one attached hydrogen (secondary N) is 3. The Kier molecular flexibility index (Phi) is 10.6. The molecule has 1 aliphatic carbocycles. The molecule has 1 saturated carbocycles. The number of thiophene rings is 1. The van der Waals surface area contributed by atoms with Gasteiger partial charge in [-0.05, 0) is 60.9 Å². The molecule has 49 heavy (non-hydrogen) atoms. The van der Waals surface area contributed by atoms with Gasteiger partial charge in [0.15, 0.2) is 12.3 Å². The van der Waals surface area contributed by atoms with Crippen LogP contribution in [0.1, 0.15) is 56.8 Å². The van der Waals surface area contributed by atoms with Crippen molar-refractivity contribution in [2.45, 2.75) is 57.0 Å². The number of hydrogen-bond donors (Lipinski definition) is 3. The molecule has 1 aliphatic rings. The molecule has 3 N–H and O–H groups in total. The minimum absolute atomic E-state index is 0.0230. The molecule has 0 radical (unpaired) electrons. The van der Waals surface area contributed by atoms with Gasteiger partial charge < -0.3 is 20.7 Å². The maximum absolute atomic E-state index is 14.0. The van der Waals surface area contributed by atoms with Crippen LogP contribution in [0.25, 0.3) is 11.2 Å². The van der Waals surface area contributed by atoms with Crippen molar-refractivity contribution in [1.29, 1.82) is 0 Å². The number of aromatic nitrogens is 3. The molecule has 19 heteroatoms. The van der Waals surface area contributed by atoms with Gasteiger partial charge in [-0.1, -0.05) is 17.7 Å². The Hall–Kier alpha value is -4.19. The fourth-order valence-electron chi connectivity index (χ4n) is 5.34. The second-order valence-corrected chi connectivity index (χ2v) is 12.6. The summed E-state index contributed by atoms with van der Waals surface area (Å²) in [7, 11) is 1.38. The summed E-state index contributed by atoms with van der Waals surface area (Å²) in [6, 6.07) is 5.22. The third-order valence-electron chi connectivity index (χ3n) is 7.84. The molecule has 1 fully saturated rings. The Morgan fingerprint density at radius 1 is 1.04 bits per heavy atom. The lowest BCUT2D eigenvalue weighted by atomic mass is 9.85. The van der Waals surface area contributed by atoms with Gasteiger partial charge in [0, 0.05) is 19.6 Å². The van der Waals surface area contributed by atoms with Gasteiger partial charge in [-0.2, -0.15) is 31.3 Å². The SMILES string of the molecule is Cn1c(Nc2cc(CNC(=O)c3sccc3Cl)ccc2C(F)(F)F)nc2cc(C(=O)N[C@H]3CC[C@H](C(F)(F)F)CC3)c(OCC(F)F)nc21. The number of hydrogen-bond acceptors (Lipinski definition) is 7. The van der Waals surface area contributed by atoms with Crippen molar-refractivity contribution in [3.8, 4) is 5.88 Å². The third-order valence-corrected chi connectivity index (χ3v) is 9.18. The number of amides is 2. The van der Waals surface area contributed by atoms with E-state index in [-0.39, 0.29) is 64.8 Å². The topological polar surface area (TPSA) is 110 Å². The largest absolute Gasteiger partial charge is 0.471 e. The standard InChI is InChI=1S/C30H27ClF8N6O3S/c1-45-24-21(11-17(27(44-24)48-13-22(32)33)25(46)41-16-5-3-15(4-6-16)29(34,35)36)43-28(45)42-20-10-14(2-7-18(20)30(37,38)39)12-40-26(47)23-19(31)8-9-49-23/h2,7-11,15-16,22H,3-6,12-13H2,1H3,(H,40,47)(H,41,46)(H,42,43)/t15-,16-. The third kappa shape index (κ3) is 8.52. The molecule has 3 heterocycles. The molecule has 3 aromatic heterocycles. The first-order valence-electron chi connectivity index (χ1n) is 14.7. The molecular weight excluding hydrogens is 712 g/mol. The summed E-state index contributed by atoms with van der Waals surface area (Å²) in [4.78, 5) is 34.4. The molecule has 9 nitrogen and oxygen atoms in total. The number of aryl methyl sites for hydroxylation is 1. The molecule has 0 unspecified atom stereocenters. The molecule has 264 valence electrons. The Labute approximate surface area is 282 Å². The van der Waals surface area contributed by atoms with Crippen LogP contribution in [0.3, 0.4) is 0 Å². The van der Waals surface area contributed by atoms with Crippen molar-refractivity contribution in [3.63, 3.8) is 0 Å². The van der Waals surface area contributed by atoms with E-state index in [0.717, 1.165) is 29.5 Å². The molecule has 1 aromatic carbocycles. The zero-order valence-electron chi connectivity index (χ0n) is 25.3. The molecule has 4 aromatic rings. The van der Waals surface area contributed by atoms with Gasteiger partial charge in [0.25, 0.3) is 18.2 Å². The molecular formula is C30H27ClF8N6O3S.